The van der Waals surface area contributed by atoms with Crippen LogP contribution in [0.5, 0.6) is 0 Å². The fourth-order valence-electron chi connectivity index (χ4n) is 2.86. The van der Waals surface area contributed by atoms with Gasteiger partial charge in [0.1, 0.15) is 5.60 Å². The Balaban J connectivity index is 2.34. The number of likely N-dealkylation sites (tertiary alicyclic amines) is 1. The van der Waals surface area contributed by atoms with Crippen LogP contribution in [0.3, 0.4) is 0 Å². The number of hydrogen-bond donors (Lipinski definition) is 2. The van der Waals surface area contributed by atoms with E-state index in [0.717, 1.165) is 19.4 Å². The highest BCUT2D eigenvalue weighted by molar-refractivity contribution is 5.67. The second kappa shape index (κ2) is 9.36. The van der Waals surface area contributed by atoms with Crippen molar-refractivity contribution in [2.45, 2.75) is 78.0 Å². The lowest BCUT2D eigenvalue weighted by Gasteiger charge is -2.34. The van der Waals surface area contributed by atoms with Gasteiger partial charge >= 0.3 is 6.09 Å². The first-order valence-corrected chi connectivity index (χ1v) is 8.79. The Bertz CT molecular complexity index is 320. The number of amides is 1. The van der Waals surface area contributed by atoms with Crippen LogP contribution in [0, 0.1) is 0 Å². The van der Waals surface area contributed by atoms with Crippen LogP contribution in [0.4, 0.5) is 4.79 Å². The Morgan fingerprint density at radius 2 is 1.91 bits per heavy atom. The van der Waals surface area contributed by atoms with Gasteiger partial charge in [0, 0.05) is 18.6 Å². The monoisotopic (exact) mass is 313 g/mol. The quantitative estimate of drug-likeness (QED) is 0.759. The topological polar surface area (TPSA) is 53.6 Å². The summed E-state index contributed by atoms with van der Waals surface area (Å²) in [5.41, 5.74) is -0.440. The molecule has 5 nitrogen and oxygen atoms in total. The van der Waals surface area contributed by atoms with Crippen LogP contribution in [-0.4, -0.2) is 54.9 Å². The van der Waals surface area contributed by atoms with Crippen LogP contribution in [0.15, 0.2) is 0 Å². The molecule has 1 aliphatic heterocycles. The minimum atomic E-state index is -0.440. The molecule has 0 radical (unpaired) electrons. The van der Waals surface area contributed by atoms with E-state index in [2.05, 4.69) is 29.4 Å². The van der Waals surface area contributed by atoms with E-state index < -0.39 is 5.60 Å². The molecule has 22 heavy (non-hydrogen) atoms. The Hall–Kier alpha value is -0.810. The highest BCUT2D eigenvalue weighted by Gasteiger charge is 2.22. The summed E-state index contributed by atoms with van der Waals surface area (Å²) in [5, 5.41) is 6.62. The smallest absolute Gasteiger partial charge is 0.407 e. The standard InChI is InChI=1S/C17H35N3O2/c1-6-8-15(13-18-16(21)22-17(3,4)5)19-14-9-11-20(7-2)12-10-14/h14-15,19H,6-13H2,1-5H3,(H,18,21). The summed E-state index contributed by atoms with van der Waals surface area (Å²) in [4.78, 5) is 14.3. The van der Waals surface area contributed by atoms with E-state index in [-0.39, 0.29) is 6.09 Å². The first-order chi connectivity index (χ1) is 10.3. The number of rotatable bonds is 7. The normalized spacial score (nSPS) is 19.0. The van der Waals surface area contributed by atoms with Crippen molar-refractivity contribution in [1.29, 1.82) is 0 Å². The van der Waals surface area contributed by atoms with E-state index in [0.29, 0.717) is 18.6 Å². The van der Waals surface area contributed by atoms with Crippen LogP contribution in [0.2, 0.25) is 0 Å². The van der Waals surface area contributed by atoms with Gasteiger partial charge in [0.2, 0.25) is 0 Å². The van der Waals surface area contributed by atoms with Gasteiger partial charge in [-0.15, -0.1) is 0 Å². The molecule has 0 saturated carbocycles. The van der Waals surface area contributed by atoms with Crippen molar-refractivity contribution in [2.75, 3.05) is 26.2 Å². The SMILES string of the molecule is CCCC(CNC(=O)OC(C)(C)C)NC1CCN(CC)CC1. The number of nitrogens with zero attached hydrogens (tertiary/aromatic N) is 1. The minimum Gasteiger partial charge on any atom is -0.444 e. The average Bonchev–Trinajstić information content (AvgIpc) is 2.44. The summed E-state index contributed by atoms with van der Waals surface area (Å²) in [5.74, 6) is 0. The zero-order valence-electron chi connectivity index (χ0n) is 15.1. The maximum Gasteiger partial charge on any atom is 0.407 e. The fraction of sp³-hybridized carbons (Fsp3) is 0.941. The highest BCUT2D eigenvalue weighted by Crippen LogP contribution is 2.12. The molecule has 0 aromatic rings. The highest BCUT2D eigenvalue weighted by atomic mass is 16.6. The van der Waals surface area contributed by atoms with Crippen molar-refractivity contribution in [1.82, 2.24) is 15.5 Å². The number of carbonyl (C=O) groups is 1. The van der Waals surface area contributed by atoms with E-state index >= 15 is 0 Å². The van der Waals surface area contributed by atoms with Crippen LogP contribution < -0.4 is 10.6 Å². The van der Waals surface area contributed by atoms with Crippen molar-refractivity contribution >= 4 is 6.09 Å². The summed E-state index contributed by atoms with van der Waals surface area (Å²) in [6.07, 6.45) is 4.25. The molecule has 1 heterocycles. The van der Waals surface area contributed by atoms with Gasteiger partial charge in [-0.05, 0) is 59.7 Å². The van der Waals surface area contributed by atoms with Gasteiger partial charge in [-0.2, -0.15) is 0 Å². The number of alkyl carbamates (subject to hydrolysis) is 1. The first kappa shape index (κ1) is 19.2. The Morgan fingerprint density at radius 3 is 2.41 bits per heavy atom. The van der Waals surface area contributed by atoms with Crippen molar-refractivity contribution < 1.29 is 9.53 Å². The maximum atomic E-state index is 11.8. The van der Waals surface area contributed by atoms with E-state index in [1.54, 1.807) is 0 Å². The minimum absolute atomic E-state index is 0.323. The number of nitrogens with one attached hydrogen (secondary N) is 2. The van der Waals surface area contributed by atoms with Crippen molar-refractivity contribution in [3.63, 3.8) is 0 Å². The van der Waals surface area contributed by atoms with Crippen molar-refractivity contribution in [2.24, 2.45) is 0 Å². The third-order valence-corrected chi connectivity index (χ3v) is 4.04. The van der Waals surface area contributed by atoms with Gasteiger partial charge in [-0.1, -0.05) is 20.3 Å². The third kappa shape index (κ3) is 7.99. The number of piperidine rings is 1. The molecule has 130 valence electrons. The molecule has 0 aliphatic carbocycles. The summed E-state index contributed by atoms with van der Waals surface area (Å²) in [7, 11) is 0. The number of hydrogen-bond acceptors (Lipinski definition) is 4. The largest absolute Gasteiger partial charge is 0.444 e. The molecule has 0 aromatic carbocycles. The molecule has 1 rings (SSSR count). The van der Waals surface area contributed by atoms with Gasteiger partial charge < -0.3 is 20.3 Å². The Morgan fingerprint density at radius 1 is 1.27 bits per heavy atom. The molecule has 0 aromatic heterocycles. The molecule has 1 fully saturated rings. The first-order valence-electron chi connectivity index (χ1n) is 8.79. The third-order valence-electron chi connectivity index (χ3n) is 4.04. The summed E-state index contributed by atoms with van der Waals surface area (Å²) in [6, 6.07) is 0.899. The molecule has 1 aliphatic rings. The fourth-order valence-corrected chi connectivity index (χ4v) is 2.86. The zero-order chi connectivity index (χ0) is 16.6. The number of carbonyl (C=O) groups excluding carboxylic acids is 1. The van der Waals surface area contributed by atoms with Crippen LogP contribution in [0.1, 0.15) is 60.3 Å². The lowest BCUT2D eigenvalue weighted by Crippen LogP contribution is -2.50. The molecule has 5 heteroatoms. The van der Waals surface area contributed by atoms with Gasteiger partial charge in [0.05, 0.1) is 0 Å². The van der Waals surface area contributed by atoms with Crippen molar-refractivity contribution in [3.8, 4) is 0 Å². The van der Waals surface area contributed by atoms with Gasteiger partial charge in [0.15, 0.2) is 0 Å². The van der Waals surface area contributed by atoms with Crippen LogP contribution in [0.25, 0.3) is 0 Å². The predicted octanol–water partition coefficient (Wildman–Crippen LogP) is 2.75. The van der Waals surface area contributed by atoms with Crippen LogP contribution in [-0.2, 0) is 4.74 Å². The maximum absolute atomic E-state index is 11.8. The zero-order valence-corrected chi connectivity index (χ0v) is 15.1. The lowest BCUT2D eigenvalue weighted by molar-refractivity contribution is 0.0519. The van der Waals surface area contributed by atoms with E-state index in [1.807, 2.05) is 20.8 Å². The van der Waals surface area contributed by atoms with E-state index in [1.165, 1.54) is 25.9 Å². The van der Waals surface area contributed by atoms with E-state index in [9.17, 15) is 4.79 Å². The molecule has 0 bridgehead atoms. The molecule has 1 amide bonds. The summed E-state index contributed by atoms with van der Waals surface area (Å²) >= 11 is 0. The molecule has 2 N–H and O–H groups in total. The second-order valence-electron chi connectivity index (χ2n) is 7.24. The van der Waals surface area contributed by atoms with E-state index in [4.69, 9.17) is 4.74 Å². The lowest BCUT2D eigenvalue weighted by atomic mass is 10.0. The Labute approximate surface area is 136 Å². The van der Waals surface area contributed by atoms with Gasteiger partial charge in [-0.25, -0.2) is 4.79 Å². The van der Waals surface area contributed by atoms with Gasteiger partial charge in [0.25, 0.3) is 0 Å². The molecule has 1 saturated heterocycles. The second-order valence-corrected chi connectivity index (χ2v) is 7.24. The molecule has 0 spiro atoms. The predicted molar refractivity (Wildman–Crippen MR) is 91.2 cm³/mol. The Kier molecular flexibility index (Phi) is 8.18. The van der Waals surface area contributed by atoms with Crippen LogP contribution >= 0.6 is 0 Å². The average molecular weight is 313 g/mol. The summed E-state index contributed by atoms with van der Waals surface area (Å²) in [6.45, 7) is 14.2. The summed E-state index contributed by atoms with van der Waals surface area (Å²) < 4.78 is 5.30. The molecular formula is C17H35N3O2. The molecular weight excluding hydrogens is 278 g/mol. The van der Waals surface area contributed by atoms with Crippen molar-refractivity contribution in [3.05, 3.63) is 0 Å². The van der Waals surface area contributed by atoms with Gasteiger partial charge in [-0.3, -0.25) is 0 Å². The number of ether oxygens (including phenoxy) is 1. The molecule has 1 unspecified atom stereocenters. The molecule has 1 atom stereocenters.